The van der Waals surface area contributed by atoms with Gasteiger partial charge in [0.25, 0.3) is 5.91 Å². The van der Waals surface area contributed by atoms with Crippen LogP contribution in [0, 0.1) is 0 Å². The molecule has 0 aliphatic rings. The Morgan fingerprint density at radius 1 is 0.964 bits per heavy atom. The number of nitrogens with one attached hydrogen (secondary N) is 2. The van der Waals surface area contributed by atoms with Gasteiger partial charge in [-0.2, -0.15) is 0 Å². The summed E-state index contributed by atoms with van der Waals surface area (Å²) in [4.78, 5) is 21.0. The molecule has 0 fully saturated rings. The Morgan fingerprint density at radius 2 is 1.61 bits per heavy atom. The van der Waals surface area contributed by atoms with Gasteiger partial charge >= 0.3 is 0 Å². The van der Waals surface area contributed by atoms with E-state index in [1.807, 2.05) is 42.5 Å². The van der Waals surface area contributed by atoms with E-state index < -0.39 is 0 Å². The fourth-order valence-electron chi connectivity index (χ4n) is 2.90. The molecule has 3 aromatic rings. The lowest BCUT2D eigenvalue weighted by Gasteiger charge is -2.22. The molecule has 0 saturated carbocycles. The van der Waals surface area contributed by atoms with Gasteiger partial charge in [-0.1, -0.05) is 58.0 Å². The second kappa shape index (κ2) is 8.21. The molecule has 0 aliphatic heterocycles. The molecule has 2 aromatic carbocycles. The van der Waals surface area contributed by atoms with Crippen LogP contribution < -0.4 is 10.6 Å². The van der Waals surface area contributed by atoms with Gasteiger partial charge in [0, 0.05) is 23.8 Å². The van der Waals surface area contributed by atoms with Crippen molar-refractivity contribution < 1.29 is 4.79 Å². The average Bonchev–Trinajstić information content (AvgIpc) is 2.69. The van der Waals surface area contributed by atoms with Crippen molar-refractivity contribution in [2.45, 2.75) is 39.5 Å². The zero-order chi connectivity index (χ0) is 20.1. The zero-order valence-corrected chi connectivity index (χ0v) is 16.8. The summed E-state index contributed by atoms with van der Waals surface area (Å²) in [6, 6.07) is 15.9. The molecule has 0 bridgehead atoms. The maximum absolute atomic E-state index is 12.4. The van der Waals surface area contributed by atoms with Crippen LogP contribution in [0.2, 0.25) is 0 Å². The molecule has 3 rings (SSSR count). The fraction of sp³-hybridized carbons (Fsp3) is 0.261. The molecule has 28 heavy (non-hydrogen) atoms. The van der Waals surface area contributed by atoms with Crippen molar-refractivity contribution in [3.05, 3.63) is 77.6 Å². The van der Waals surface area contributed by atoms with E-state index in [9.17, 15) is 4.79 Å². The molecule has 1 heterocycles. The molecule has 1 amide bonds. The van der Waals surface area contributed by atoms with E-state index in [2.05, 4.69) is 54.4 Å². The second-order valence-electron chi connectivity index (χ2n) is 7.72. The molecule has 2 N–H and O–H groups in total. The van der Waals surface area contributed by atoms with Crippen molar-refractivity contribution in [1.82, 2.24) is 9.97 Å². The van der Waals surface area contributed by atoms with Crippen molar-refractivity contribution in [3.8, 4) is 0 Å². The Hall–Kier alpha value is -3.21. The molecule has 0 aliphatic carbocycles. The third-order valence-corrected chi connectivity index (χ3v) is 4.52. The third kappa shape index (κ3) is 4.74. The highest BCUT2D eigenvalue weighted by molar-refractivity contribution is 6.03. The summed E-state index contributed by atoms with van der Waals surface area (Å²) in [5.74, 6) is 0.228. The topological polar surface area (TPSA) is 66.9 Å². The minimum absolute atomic E-state index is 0.00323. The predicted molar refractivity (Wildman–Crippen MR) is 114 cm³/mol. The Balaban J connectivity index is 1.70. The van der Waals surface area contributed by atoms with Gasteiger partial charge in [-0.3, -0.25) is 4.79 Å². The maximum Gasteiger partial charge on any atom is 0.258 e. The van der Waals surface area contributed by atoms with E-state index in [4.69, 9.17) is 0 Å². The standard InChI is InChI=1S/C23H26N4O/c1-5-16-10-12-18(13-11-16)26-21(28)17-14-24-22(25-15-17)27-20-9-7-6-8-19(20)23(2,3)4/h6-15H,5H2,1-4H3,(H,26,28)(H,24,25,27). The van der Waals surface area contributed by atoms with Crippen molar-refractivity contribution >= 4 is 23.2 Å². The summed E-state index contributed by atoms with van der Waals surface area (Å²) in [7, 11) is 0. The number of carbonyl (C=O) groups is 1. The van der Waals surface area contributed by atoms with Crippen LogP contribution in [0.25, 0.3) is 0 Å². The van der Waals surface area contributed by atoms with E-state index in [0.717, 1.165) is 17.8 Å². The van der Waals surface area contributed by atoms with Crippen molar-refractivity contribution in [2.24, 2.45) is 0 Å². The summed E-state index contributed by atoms with van der Waals surface area (Å²) >= 11 is 0. The first-order valence-corrected chi connectivity index (χ1v) is 9.45. The van der Waals surface area contributed by atoms with Crippen LogP contribution in [0.15, 0.2) is 60.9 Å². The van der Waals surface area contributed by atoms with Gasteiger partial charge in [0.15, 0.2) is 0 Å². The lowest BCUT2D eigenvalue weighted by molar-refractivity contribution is 0.102. The SMILES string of the molecule is CCc1ccc(NC(=O)c2cnc(Nc3ccccc3C(C)(C)C)nc2)cc1. The molecule has 0 saturated heterocycles. The normalized spacial score (nSPS) is 11.1. The minimum Gasteiger partial charge on any atom is -0.324 e. The molecule has 144 valence electrons. The lowest BCUT2D eigenvalue weighted by Crippen LogP contribution is -2.15. The molecule has 1 aromatic heterocycles. The highest BCUT2D eigenvalue weighted by Gasteiger charge is 2.18. The monoisotopic (exact) mass is 374 g/mol. The number of nitrogens with zero attached hydrogens (tertiary/aromatic N) is 2. The van der Waals surface area contributed by atoms with E-state index in [1.165, 1.54) is 23.5 Å². The molecule has 0 spiro atoms. The van der Waals surface area contributed by atoms with Crippen molar-refractivity contribution in [3.63, 3.8) is 0 Å². The first-order valence-electron chi connectivity index (χ1n) is 9.45. The Bertz CT molecular complexity index is 942. The molecule has 0 atom stereocenters. The van der Waals surface area contributed by atoms with Crippen LogP contribution in [0.4, 0.5) is 17.3 Å². The first kappa shape index (κ1) is 19.5. The molecule has 0 radical (unpaired) electrons. The van der Waals surface area contributed by atoms with Crippen LogP contribution in [0.5, 0.6) is 0 Å². The Kier molecular flexibility index (Phi) is 5.73. The van der Waals surface area contributed by atoms with E-state index >= 15 is 0 Å². The number of carbonyl (C=O) groups excluding carboxylic acids is 1. The van der Waals surface area contributed by atoms with Crippen LogP contribution in [0.1, 0.15) is 49.2 Å². The van der Waals surface area contributed by atoms with Gasteiger partial charge in [0.05, 0.1) is 5.56 Å². The third-order valence-electron chi connectivity index (χ3n) is 4.52. The molecule has 0 unspecified atom stereocenters. The summed E-state index contributed by atoms with van der Waals surface area (Å²) in [5, 5.41) is 6.12. The largest absolute Gasteiger partial charge is 0.324 e. The predicted octanol–water partition coefficient (Wildman–Crippen LogP) is 5.33. The molecule has 5 nitrogen and oxygen atoms in total. The number of amides is 1. The summed E-state index contributed by atoms with van der Waals surface area (Å²) in [6.45, 7) is 8.58. The number of benzene rings is 2. The van der Waals surface area contributed by atoms with Gasteiger partial charge in [0.2, 0.25) is 5.95 Å². The molecular weight excluding hydrogens is 348 g/mol. The van der Waals surface area contributed by atoms with Crippen LogP contribution in [-0.4, -0.2) is 15.9 Å². The number of anilines is 3. The second-order valence-corrected chi connectivity index (χ2v) is 7.72. The fourth-order valence-corrected chi connectivity index (χ4v) is 2.90. The molecule has 5 heteroatoms. The Labute approximate surface area is 166 Å². The van der Waals surface area contributed by atoms with Gasteiger partial charge in [-0.05, 0) is 41.2 Å². The lowest BCUT2D eigenvalue weighted by atomic mass is 9.86. The Morgan fingerprint density at radius 3 is 2.21 bits per heavy atom. The maximum atomic E-state index is 12.4. The van der Waals surface area contributed by atoms with Gasteiger partial charge in [-0.15, -0.1) is 0 Å². The van der Waals surface area contributed by atoms with Crippen LogP contribution >= 0.6 is 0 Å². The zero-order valence-electron chi connectivity index (χ0n) is 16.8. The highest BCUT2D eigenvalue weighted by atomic mass is 16.1. The minimum atomic E-state index is -0.231. The van der Waals surface area contributed by atoms with Crippen LogP contribution in [0.3, 0.4) is 0 Å². The number of hydrogen-bond donors (Lipinski definition) is 2. The number of aromatic nitrogens is 2. The quantitative estimate of drug-likeness (QED) is 0.633. The van der Waals surface area contributed by atoms with E-state index in [-0.39, 0.29) is 11.3 Å². The van der Waals surface area contributed by atoms with E-state index in [0.29, 0.717) is 11.5 Å². The summed E-state index contributed by atoms with van der Waals surface area (Å²) in [5.41, 5.74) is 4.53. The highest BCUT2D eigenvalue weighted by Crippen LogP contribution is 2.30. The first-order chi connectivity index (χ1) is 13.4. The average molecular weight is 374 g/mol. The number of hydrogen-bond acceptors (Lipinski definition) is 4. The van der Waals surface area contributed by atoms with Crippen molar-refractivity contribution in [1.29, 1.82) is 0 Å². The number of para-hydroxylation sites is 1. The summed E-state index contributed by atoms with van der Waals surface area (Å²) in [6.07, 6.45) is 4.03. The number of rotatable bonds is 5. The van der Waals surface area contributed by atoms with Gasteiger partial charge < -0.3 is 10.6 Å². The summed E-state index contributed by atoms with van der Waals surface area (Å²) < 4.78 is 0. The molecular formula is C23H26N4O. The van der Waals surface area contributed by atoms with Crippen LogP contribution in [-0.2, 0) is 11.8 Å². The van der Waals surface area contributed by atoms with E-state index in [1.54, 1.807) is 0 Å². The van der Waals surface area contributed by atoms with Gasteiger partial charge in [0.1, 0.15) is 0 Å². The van der Waals surface area contributed by atoms with Gasteiger partial charge in [-0.25, -0.2) is 9.97 Å². The van der Waals surface area contributed by atoms with Crippen molar-refractivity contribution in [2.75, 3.05) is 10.6 Å². The number of aryl methyl sites for hydroxylation is 1. The smallest absolute Gasteiger partial charge is 0.258 e.